The van der Waals surface area contributed by atoms with Crippen molar-refractivity contribution in [2.45, 2.75) is 19.4 Å². The number of amides is 1. The second-order valence-electron chi connectivity index (χ2n) is 7.08. The maximum absolute atomic E-state index is 12.9. The van der Waals surface area contributed by atoms with Gasteiger partial charge in [0.25, 0.3) is 0 Å². The highest BCUT2D eigenvalue weighted by Crippen LogP contribution is 2.13. The van der Waals surface area contributed by atoms with Crippen LogP contribution in [0.15, 0.2) is 36.7 Å². The number of nitrogens with one attached hydrogen (secondary N) is 3. The molecule has 1 amide bonds. The molecule has 3 rings (SSSR count). The highest BCUT2D eigenvalue weighted by Gasteiger charge is 2.09. The molecule has 10 nitrogen and oxygen atoms in total. The maximum Gasteiger partial charge on any atom is 0.321 e. The van der Waals surface area contributed by atoms with Gasteiger partial charge in [-0.1, -0.05) is 12.1 Å². The van der Waals surface area contributed by atoms with Gasteiger partial charge in [0.2, 0.25) is 11.9 Å². The van der Waals surface area contributed by atoms with E-state index in [4.69, 9.17) is 4.74 Å². The minimum Gasteiger partial charge on any atom is -0.463 e. The van der Waals surface area contributed by atoms with Gasteiger partial charge in [-0.2, -0.15) is 15.1 Å². The molecule has 11 heteroatoms. The van der Waals surface area contributed by atoms with E-state index in [1.165, 1.54) is 18.5 Å². The third-order valence-corrected chi connectivity index (χ3v) is 4.16. The molecule has 0 saturated heterocycles. The lowest BCUT2D eigenvalue weighted by Crippen LogP contribution is -2.24. The third kappa shape index (κ3) is 7.63. The van der Waals surface area contributed by atoms with Gasteiger partial charge >= 0.3 is 6.01 Å². The highest BCUT2D eigenvalue weighted by atomic mass is 19.1. The fourth-order valence-electron chi connectivity index (χ4n) is 2.62. The van der Waals surface area contributed by atoms with E-state index in [0.29, 0.717) is 24.7 Å². The molecule has 0 bridgehead atoms. The zero-order chi connectivity index (χ0) is 22.1. The molecule has 2 aromatic heterocycles. The summed E-state index contributed by atoms with van der Waals surface area (Å²) >= 11 is 0. The van der Waals surface area contributed by atoms with Crippen LogP contribution in [0.1, 0.15) is 17.7 Å². The average molecular weight is 428 g/mol. The van der Waals surface area contributed by atoms with Crippen molar-refractivity contribution in [2.24, 2.45) is 0 Å². The molecular formula is C20H25FN8O2. The smallest absolute Gasteiger partial charge is 0.321 e. The molecule has 1 aromatic carbocycles. The minimum absolute atomic E-state index is 0.118. The summed E-state index contributed by atoms with van der Waals surface area (Å²) in [5, 5.41) is 12.6. The van der Waals surface area contributed by atoms with E-state index in [-0.39, 0.29) is 30.1 Å². The number of ether oxygens (including phenoxy) is 1. The Balaban J connectivity index is 1.46. The standard InChI is InChI=1S/C20H25FN8O2/c1-29(2)8-3-9-31-20-24-13-23-19(26-20)25-17-10-16(27-28-17)11-18(30)22-12-14-4-6-15(21)7-5-14/h4-7,10,13H,3,8-9,11-12H2,1-2H3,(H,22,30)(H2,23,24,25,26,27,28). The molecule has 3 aromatic rings. The predicted octanol–water partition coefficient (Wildman–Crippen LogP) is 1.67. The molecule has 31 heavy (non-hydrogen) atoms. The van der Waals surface area contributed by atoms with Gasteiger partial charge in [0.05, 0.1) is 13.0 Å². The Morgan fingerprint density at radius 2 is 2.03 bits per heavy atom. The van der Waals surface area contributed by atoms with Crippen molar-refractivity contribution >= 4 is 17.7 Å². The Kier molecular flexibility index (Phi) is 7.82. The Labute approximate surface area is 179 Å². The Morgan fingerprint density at radius 1 is 1.23 bits per heavy atom. The molecule has 0 aliphatic heterocycles. The number of hydrogen-bond donors (Lipinski definition) is 3. The SMILES string of the molecule is CN(C)CCCOc1ncnc(Nc2cc(CC(=O)NCc3ccc(F)cc3)[nH]n2)n1. The van der Waals surface area contributed by atoms with Crippen LogP contribution in [0, 0.1) is 5.82 Å². The van der Waals surface area contributed by atoms with Gasteiger partial charge in [0, 0.05) is 24.8 Å². The van der Waals surface area contributed by atoms with Crippen LogP contribution < -0.4 is 15.4 Å². The summed E-state index contributed by atoms with van der Waals surface area (Å²) in [6.45, 7) is 1.73. The molecule has 0 saturated carbocycles. The van der Waals surface area contributed by atoms with Crippen LogP contribution in [0.2, 0.25) is 0 Å². The molecule has 0 atom stereocenters. The van der Waals surface area contributed by atoms with Crippen LogP contribution in [-0.2, 0) is 17.8 Å². The number of hydrogen-bond acceptors (Lipinski definition) is 8. The summed E-state index contributed by atoms with van der Waals surface area (Å²) in [5.41, 5.74) is 1.43. The van der Waals surface area contributed by atoms with E-state index >= 15 is 0 Å². The molecule has 0 fully saturated rings. The van der Waals surface area contributed by atoms with Crippen molar-refractivity contribution in [3.05, 3.63) is 53.7 Å². The first-order valence-electron chi connectivity index (χ1n) is 9.77. The van der Waals surface area contributed by atoms with Crippen molar-refractivity contribution < 1.29 is 13.9 Å². The summed E-state index contributed by atoms with van der Waals surface area (Å²) < 4.78 is 18.5. The first-order chi connectivity index (χ1) is 15.0. The number of halogens is 1. The van der Waals surface area contributed by atoms with Crippen LogP contribution in [0.4, 0.5) is 16.2 Å². The topological polar surface area (TPSA) is 121 Å². The second-order valence-corrected chi connectivity index (χ2v) is 7.08. The van der Waals surface area contributed by atoms with Gasteiger partial charge in [0.1, 0.15) is 12.1 Å². The van der Waals surface area contributed by atoms with E-state index in [2.05, 4.69) is 40.7 Å². The fraction of sp³-hybridized carbons (Fsp3) is 0.350. The van der Waals surface area contributed by atoms with Crippen molar-refractivity contribution in [3.63, 3.8) is 0 Å². The summed E-state index contributed by atoms with van der Waals surface area (Å²) in [6.07, 6.45) is 2.33. The number of nitrogens with zero attached hydrogens (tertiary/aromatic N) is 5. The number of H-pyrrole nitrogens is 1. The zero-order valence-electron chi connectivity index (χ0n) is 17.4. The van der Waals surface area contributed by atoms with E-state index in [9.17, 15) is 9.18 Å². The summed E-state index contributed by atoms with van der Waals surface area (Å²) in [7, 11) is 4.00. The lowest BCUT2D eigenvalue weighted by molar-refractivity contribution is -0.120. The largest absolute Gasteiger partial charge is 0.463 e. The van der Waals surface area contributed by atoms with Crippen LogP contribution >= 0.6 is 0 Å². The molecule has 3 N–H and O–H groups in total. The lowest BCUT2D eigenvalue weighted by atomic mass is 10.2. The number of benzene rings is 1. The first kappa shape index (κ1) is 22.1. The second kappa shape index (κ2) is 11.0. The van der Waals surface area contributed by atoms with E-state index in [1.807, 2.05) is 14.1 Å². The van der Waals surface area contributed by atoms with Crippen molar-refractivity contribution in [3.8, 4) is 6.01 Å². The number of aromatic nitrogens is 5. The number of rotatable bonds is 11. The van der Waals surface area contributed by atoms with Crippen LogP contribution in [0.25, 0.3) is 0 Å². The summed E-state index contributed by atoms with van der Waals surface area (Å²) in [4.78, 5) is 26.4. The van der Waals surface area contributed by atoms with Gasteiger partial charge in [-0.15, -0.1) is 0 Å². The van der Waals surface area contributed by atoms with Crippen LogP contribution in [-0.4, -0.2) is 63.2 Å². The van der Waals surface area contributed by atoms with Crippen molar-refractivity contribution in [2.75, 3.05) is 32.6 Å². The molecular weight excluding hydrogens is 403 g/mol. The summed E-state index contributed by atoms with van der Waals surface area (Å²) in [6, 6.07) is 7.89. The molecule has 0 aliphatic carbocycles. The fourth-order valence-corrected chi connectivity index (χ4v) is 2.62. The van der Waals surface area contributed by atoms with Gasteiger partial charge in [-0.05, 0) is 38.2 Å². The molecule has 0 aliphatic rings. The summed E-state index contributed by atoms with van der Waals surface area (Å²) in [5.74, 6) is 0.254. The number of carbonyl (C=O) groups excluding carboxylic acids is 1. The molecule has 0 unspecified atom stereocenters. The van der Waals surface area contributed by atoms with Crippen molar-refractivity contribution in [1.29, 1.82) is 0 Å². The number of aromatic amines is 1. The normalized spacial score (nSPS) is 10.8. The Bertz CT molecular complexity index is 977. The van der Waals surface area contributed by atoms with Crippen LogP contribution in [0.3, 0.4) is 0 Å². The van der Waals surface area contributed by atoms with Gasteiger partial charge in [0.15, 0.2) is 5.82 Å². The quantitative estimate of drug-likeness (QED) is 0.395. The monoisotopic (exact) mass is 428 g/mol. The third-order valence-electron chi connectivity index (χ3n) is 4.16. The number of anilines is 2. The maximum atomic E-state index is 12.9. The van der Waals surface area contributed by atoms with E-state index in [1.54, 1.807) is 18.2 Å². The molecule has 0 spiro atoms. The van der Waals surface area contributed by atoms with Crippen molar-refractivity contribution in [1.82, 2.24) is 35.4 Å². The Morgan fingerprint density at radius 3 is 2.81 bits per heavy atom. The van der Waals surface area contributed by atoms with E-state index < -0.39 is 0 Å². The minimum atomic E-state index is -0.311. The number of carbonyl (C=O) groups is 1. The Hall–Kier alpha value is -3.60. The predicted molar refractivity (Wildman–Crippen MR) is 112 cm³/mol. The molecule has 0 radical (unpaired) electrons. The van der Waals surface area contributed by atoms with Gasteiger partial charge in [-0.25, -0.2) is 9.37 Å². The first-order valence-corrected chi connectivity index (χ1v) is 9.77. The molecule has 2 heterocycles. The van der Waals surface area contributed by atoms with Crippen LogP contribution in [0.5, 0.6) is 6.01 Å². The highest BCUT2D eigenvalue weighted by molar-refractivity contribution is 5.78. The van der Waals surface area contributed by atoms with Gasteiger partial charge in [-0.3, -0.25) is 9.89 Å². The molecule has 164 valence electrons. The zero-order valence-corrected chi connectivity index (χ0v) is 17.4. The van der Waals surface area contributed by atoms with Gasteiger partial charge < -0.3 is 20.3 Å². The average Bonchev–Trinajstić information content (AvgIpc) is 3.17. The lowest BCUT2D eigenvalue weighted by Gasteiger charge is -2.09. The van der Waals surface area contributed by atoms with E-state index in [0.717, 1.165) is 18.5 Å².